The van der Waals surface area contributed by atoms with Gasteiger partial charge in [0.2, 0.25) is 0 Å². The van der Waals surface area contributed by atoms with Gasteiger partial charge >= 0.3 is 0 Å². The molecule has 1 aromatic carbocycles. The van der Waals surface area contributed by atoms with Crippen LogP contribution in [0, 0.1) is 17.2 Å². The Labute approximate surface area is 149 Å². The molecule has 1 aromatic rings. The predicted octanol–water partition coefficient (Wildman–Crippen LogP) is 3.31. The van der Waals surface area contributed by atoms with Gasteiger partial charge in [0.1, 0.15) is 17.4 Å². The van der Waals surface area contributed by atoms with Crippen molar-refractivity contribution in [1.82, 2.24) is 5.32 Å². The van der Waals surface area contributed by atoms with Crippen molar-refractivity contribution in [3.05, 3.63) is 35.4 Å². The normalized spacial score (nSPS) is 17.4. The number of hydrogen-bond acceptors (Lipinski definition) is 4. The van der Waals surface area contributed by atoms with Crippen LogP contribution in [0.3, 0.4) is 0 Å². The average molecular weight is 342 g/mol. The summed E-state index contributed by atoms with van der Waals surface area (Å²) in [5.41, 5.74) is 0.881. The second-order valence-corrected chi connectivity index (χ2v) is 6.61. The lowest BCUT2D eigenvalue weighted by atomic mass is 10.1. The lowest BCUT2D eigenvalue weighted by Crippen LogP contribution is -2.32. The third kappa shape index (κ3) is 6.60. The first-order valence-electron chi connectivity index (χ1n) is 8.83. The highest BCUT2D eigenvalue weighted by atomic mass is 16.5. The largest absolute Gasteiger partial charge is 0.494 e. The molecule has 0 saturated carbocycles. The standard InChI is InChI=1S/C20H26N2O3/c1-15(2)9-11-25-18-7-5-16(6-8-18)12-17(13-21)20(23)22-14-19-4-3-10-24-19/h5-8,12,15,19H,3-4,9-11,14H2,1-2H3,(H,22,23). The summed E-state index contributed by atoms with van der Waals surface area (Å²) in [5.74, 6) is 1.03. The van der Waals surface area contributed by atoms with Crippen molar-refractivity contribution >= 4 is 12.0 Å². The van der Waals surface area contributed by atoms with Crippen LogP contribution in [0.15, 0.2) is 29.8 Å². The van der Waals surface area contributed by atoms with Crippen LogP contribution < -0.4 is 10.1 Å². The molecule has 1 aliphatic heterocycles. The molecule has 1 fully saturated rings. The van der Waals surface area contributed by atoms with E-state index in [1.54, 1.807) is 6.08 Å². The number of ether oxygens (including phenoxy) is 2. The Bertz CT molecular complexity index is 623. The van der Waals surface area contributed by atoms with Crippen LogP contribution in [0.4, 0.5) is 0 Å². The molecule has 2 rings (SSSR count). The summed E-state index contributed by atoms with van der Waals surface area (Å²) in [6, 6.07) is 9.35. The van der Waals surface area contributed by atoms with Crippen LogP contribution in [-0.4, -0.2) is 31.8 Å². The minimum Gasteiger partial charge on any atom is -0.494 e. The summed E-state index contributed by atoms with van der Waals surface area (Å²) in [7, 11) is 0. The Morgan fingerprint density at radius 1 is 1.44 bits per heavy atom. The third-order valence-electron chi connectivity index (χ3n) is 4.03. The van der Waals surface area contributed by atoms with Gasteiger partial charge in [-0.2, -0.15) is 5.26 Å². The van der Waals surface area contributed by atoms with Crippen molar-refractivity contribution in [2.24, 2.45) is 5.92 Å². The molecule has 5 heteroatoms. The molecule has 134 valence electrons. The fourth-order valence-corrected chi connectivity index (χ4v) is 2.50. The molecule has 5 nitrogen and oxygen atoms in total. The summed E-state index contributed by atoms with van der Waals surface area (Å²) in [6.45, 7) is 6.19. The number of rotatable bonds is 8. The van der Waals surface area contributed by atoms with E-state index in [0.717, 1.165) is 37.2 Å². The van der Waals surface area contributed by atoms with Gasteiger partial charge in [-0.25, -0.2) is 0 Å². The van der Waals surface area contributed by atoms with E-state index in [2.05, 4.69) is 19.2 Å². The van der Waals surface area contributed by atoms with Crippen LogP contribution >= 0.6 is 0 Å². The number of amides is 1. The highest BCUT2D eigenvalue weighted by molar-refractivity contribution is 6.01. The molecule has 0 aliphatic carbocycles. The van der Waals surface area contributed by atoms with Crippen molar-refractivity contribution in [1.29, 1.82) is 5.26 Å². The van der Waals surface area contributed by atoms with Gasteiger partial charge in [0.15, 0.2) is 0 Å². The molecule has 0 bridgehead atoms. The molecule has 0 radical (unpaired) electrons. The van der Waals surface area contributed by atoms with Gasteiger partial charge in [-0.05, 0) is 49.0 Å². The first kappa shape index (κ1) is 19.0. The molecular weight excluding hydrogens is 316 g/mol. The Kier molecular flexibility index (Phi) is 7.49. The fourth-order valence-electron chi connectivity index (χ4n) is 2.50. The first-order chi connectivity index (χ1) is 12.1. The molecule has 1 aliphatic rings. The lowest BCUT2D eigenvalue weighted by molar-refractivity contribution is -0.117. The van der Waals surface area contributed by atoms with Gasteiger partial charge in [-0.15, -0.1) is 0 Å². The smallest absolute Gasteiger partial charge is 0.262 e. The Morgan fingerprint density at radius 2 is 2.20 bits per heavy atom. The summed E-state index contributed by atoms with van der Waals surface area (Å²) in [5, 5.41) is 12.0. The molecule has 1 amide bonds. The highest BCUT2D eigenvalue weighted by Gasteiger charge is 2.17. The lowest BCUT2D eigenvalue weighted by Gasteiger charge is -2.10. The maximum Gasteiger partial charge on any atom is 0.262 e. The number of nitrogens with one attached hydrogen (secondary N) is 1. The van der Waals surface area contributed by atoms with Gasteiger partial charge in [-0.1, -0.05) is 26.0 Å². The number of nitrogens with zero attached hydrogens (tertiary/aromatic N) is 1. The van der Waals surface area contributed by atoms with E-state index in [-0.39, 0.29) is 17.6 Å². The van der Waals surface area contributed by atoms with Gasteiger partial charge in [-0.3, -0.25) is 4.79 Å². The number of nitriles is 1. The van der Waals surface area contributed by atoms with Crippen molar-refractivity contribution in [3.63, 3.8) is 0 Å². The molecule has 1 atom stereocenters. The molecule has 1 heterocycles. The van der Waals surface area contributed by atoms with Crippen molar-refractivity contribution in [2.45, 2.75) is 39.2 Å². The van der Waals surface area contributed by atoms with Crippen molar-refractivity contribution in [3.8, 4) is 11.8 Å². The van der Waals surface area contributed by atoms with Crippen LogP contribution in [0.5, 0.6) is 5.75 Å². The van der Waals surface area contributed by atoms with Crippen LogP contribution in [-0.2, 0) is 9.53 Å². The molecule has 1 N–H and O–H groups in total. The van der Waals surface area contributed by atoms with E-state index >= 15 is 0 Å². The zero-order valence-corrected chi connectivity index (χ0v) is 15.0. The van der Waals surface area contributed by atoms with Gasteiger partial charge in [0.05, 0.1) is 12.7 Å². The van der Waals surface area contributed by atoms with Gasteiger partial charge in [0, 0.05) is 13.2 Å². The Hall–Kier alpha value is -2.32. The monoisotopic (exact) mass is 342 g/mol. The summed E-state index contributed by atoms with van der Waals surface area (Å²) >= 11 is 0. The predicted molar refractivity (Wildman–Crippen MR) is 97.0 cm³/mol. The SMILES string of the molecule is CC(C)CCOc1ccc(C=C(C#N)C(=O)NCC2CCCO2)cc1. The highest BCUT2D eigenvalue weighted by Crippen LogP contribution is 2.16. The van der Waals surface area contributed by atoms with E-state index < -0.39 is 0 Å². The molecule has 1 unspecified atom stereocenters. The quantitative estimate of drug-likeness (QED) is 0.581. The van der Waals surface area contributed by atoms with Crippen molar-refractivity contribution < 1.29 is 14.3 Å². The second-order valence-electron chi connectivity index (χ2n) is 6.61. The van der Waals surface area contributed by atoms with E-state index in [0.29, 0.717) is 19.1 Å². The summed E-state index contributed by atoms with van der Waals surface area (Å²) < 4.78 is 11.1. The topological polar surface area (TPSA) is 71.3 Å². The van der Waals surface area contributed by atoms with Crippen LogP contribution in [0.25, 0.3) is 6.08 Å². The molecule has 0 aromatic heterocycles. The maximum absolute atomic E-state index is 12.1. The molecular formula is C20H26N2O3. The second kappa shape index (κ2) is 9.85. The van der Waals surface area contributed by atoms with E-state index in [1.807, 2.05) is 30.3 Å². The number of carbonyl (C=O) groups is 1. The van der Waals surface area contributed by atoms with Crippen molar-refractivity contribution in [2.75, 3.05) is 19.8 Å². The number of carbonyl (C=O) groups excluding carboxylic acids is 1. The average Bonchev–Trinajstić information content (AvgIpc) is 3.12. The zero-order valence-electron chi connectivity index (χ0n) is 15.0. The van der Waals surface area contributed by atoms with Crippen LogP contribution in [0.2, 0.25) is 0 Å². The Balaban J connectivity index is 1.89. The maximum atomic E-state index is 12.1. The Morgan fingerprint density at radius 3 is 2.80 bits per heavy atom. The van der Waals surface area contributed by atoms with E-state index in [9.17, 15) is 10.1 Å². The van der Waals surface area contributed by atoms with Gasteiger partial charge < -0.3 is 14.8 Å². The summed E-state index contributed by atoms with van der Waals surface area (Å²) in [6.07, 6.45) is 4.62. The fraction of sp³-hybridized carbons (Fsp3) is 0.500. The minimum absolute atomic E-state index is 0.0613. The summed E-state index contributed by atoms with van der Waals surface area (Å²) in [4.78, 5) is 12.1. The zero-order chi connectivity index (χ0) is 18.1. The molecule has 25 heavy (non-hydrogen) atoms. The third-order valence-corrected chi connectivity index (χ3v) is 4.03. The molecule has 0 spiro atoms. The minimum atomic E-state index is -0.366. The molecule has 1 saturated heterocycles. The van der Waals surface area contributed by atoms with Gasteiger partial charge in [0.25, 0.3) is 5.91 Å². The number of benzene rings is 1. The van der Waals surface area contributed by atoms with E-state index in [1.165, 1.54) is 0 Å². The van der Waals surface area contributed by atoms with E-state index in [4.69, 9.17) is 9.47 Å². The van der Waals surface area contributed by atoms with Crippen LogP contribution in [0.1, 0.15) is 38.7 Å². The first-order valence-corrected chi connectivity index (χ1v) is 8.83. The number of hydrogen-bond donors (Lipinski definition) is 1.